The molecule has 1 amide bonds. The second kappa shape index (κ2) is 6.20. The number of amides is 1. The zero-order valence-electron chi connectivity index (χ0n) is 13.1. The fourth-order valence-electron chi connectivity index (χ4n) is 2.05. The third-order valence-corrected chi connectivity index (χ3v) is 4.64. The average Bonchev–Trinajstić information content (AvgIpc) is 3.13. The second-order valence-corrected chi connectivity index (χ2v) is 7.42. The number of nitrogens with one attached hydrogen (secondary N) is 1. The minimum Gasteiger partial charge on any atom is -0.352 e. The third kappa shape index (κ3) is 3.78. The summed E-state index contributed by atoms with van der Waals surface area (Å²) in [5.41, 5.74) is 2.26. The third-order valence-electron chi connectivity index (χ3n) is 3.55. The molecule has 1 aromatic heterocycles. The molecule has 2 rings (SSSR count). The van der Waals surface area contributed by atoms with Crippen LogP contribution in [-0.2, 0) is 11.3 Å². The maximum absolute atomic E-state index is 12.1. The minimum absolute atomic E-state index is 0.0947. The molecule has 20 heavy (non-hydrogen) atoms. The number of imidazole rings is 1. The summed E-state index contributed by atoms with van der Waals surface area (Å²) in [4.78, 5) is 16.7. The Morgan fingerprint density at radius 3 is 2.60 bits per heavy atom. The van der Waals surface area contributed by atoms with Crippen LogP contribution < -0.4 is 5.32 Å². The molecule has 0 radical (unpaired) electrons. The van der Waals surface area contributed by atoms with Crippen LogP contribution in [0.4, 0.5) is 0 Å². The summed E-state index contributed by atoms with van der Waals surface area (Å²) in [6.45, 7) is 11.4. The van der Waals surface area contributed by atoms with Gasteiger partial charge in [0.25, 0.3) is 0 Å². The van der Waals surface area contributed by atoms with E-state index in [1.165, 1.54) is 5.69 Å². The Bertz CT molecular complexity index is 492. The van der Waals surface area contributed by atoms with Crippen LogP contribution in [0.2, 0.25) is 0 Å². The first kappa shape index (κ1) is 15.4. The molecular formula is C15H25N3OS. The van der Waals surface area contributed by atoms with Crippen molar-refractivity contribution in [2.45, 2.75) is 70.5 Å². The Balaban J connectivity index is 2.07. The Morgan fingerprint density at radius 2 is 2.05 bits per heavy atom. The summed E-state index contributed by atoms with van der Waals surface area (Å²) >= 11 is 1.56. The van der Waals surface area contributed by atoms with E-state index in [4.69, 9.17) is 0 Å². The summed E-state index contributed by atoms with van der Waals surface area (Å²) < 4.78 is 2.24. The molecule has 0 aliphatic heterocycles. The van der Waals surface area contributed by atoms with Crippen LogP contribution in [0, 0.1) is 19.8 Å². The van der Waals surface area contributed by atoms with Crippen LogP contribution in [0.3, 0.4) is 0 Å². The Kier molecular flexibility index (Phi) is 4.78. The van der Waals surface area contributed by atoms with Gasteiger partial charge >= 0.3 is 0 Å². The van der Waals surface area contributed by atoms with E-state index in [2.05, 4.69) is 35.6 Å². The summed E-state index contributed by atoms with van der Waals surface area (Å²) in [5.74, 6) is 0.698. The molecule has 0 spiro atoms. The highest BCUT2D eigenvalue weighted by Gasteiger charge is 2.27. The van der Waals surface area contributed by atoms with Gasteiger partial charge in [-0.25, -0.2) is 4.98 Å². The van der Waals surface area contributed by atoms with E-state index in [0.717, 1.165) is 30.2 Å². The average molecular weight is 295 g/mol. The number of carbonyl (C=O) groups is 1. The standard InChI is InChI=1S/C15H25N3OS/c1-9(2)8-18-11(4)10(3)16-15(18)20-12(5)14(19)17-13-6-7-13/h9,12-13H,6-8H2,1-5H3,(H,17,19). The van der Waals surface area contributed by atoms with E-state index in [-0.39, 0.29) is 11.2 Å². The van der Waals surface area contributed by atoms with Gasteiger partial charge in [-0.1, -0.05) is 25.6 Å². The van der Waals surface area contributed by atoms with Crippen LogP contribution in [-0.4, -0.2) is 26.8 Å². The van der Waals surface area contributed by atoms with E-state index < -0.39 is 0 Å². The van der Waals surface area contributed by atoms with E-state index in [1.807, 2.05) is 13.8 Å². The number of hydrogen-bond donors (Lipinski definition) is 1. The van der Waals surface area contributed by atoms with E-state index >= 15 is 0 Å². The van der Waals surface area contributed by atoms with Gasteiger partial charge in [-0.15, -0.1) is 0 Å². The number of aromatic nitrogens is 2. The van der Waals surface area contributed by atoms with Gasteiger partial charge in [0.15, 0.2) is 5.16 Å². The SMILES string of the molecule is Cc1nc(SC(C)C(=O)NC2CC2)n(CC(C)C)c1C. The number of thioether (sulfide) groups is 1. The number of hydrogen-bond acceptors (Lipinski definition) is 3. The number of carbonyl (C=O) groups excluding carboxylic acids is 1. The molecule has 1 atom stereocenters. The minimum atomic E-state index is -0.0947. The second-order valence-electron chi connectivity index (χ2n) is 6.11. The van der Waals surface area contributed by atoms with Crippen molar-refractivity contribution in [3.63, 3.8) is 0 Å². The Hall–Kier alpha value is -0.970. The molecule has 0 saturated heterocycles. The van der Waals surface area contributed by atoms with Crippen LogP contribution >= 0.6 is 11.8 Å². The lowest BCUT2D eigenvalue weighted by Crippen LogP contribution is -2.32. The maximum atomic E-state index is 12.1. The van der Waals surface area contributed by atoms with Crippen LogP contribution in [0.5, 0.6) is 0 Å². The number of aryl methyl sites for hydroxylation is 1. The molecule has 1 heterocycles. The van der Waals surface area contributed by atoms with Gasteiger partial charge in [-0.05, 0) is 39.5 Å². The smallest absolute Gasteiger partial charge is 0.233 e. The van der Waals surface area contributed by atoms with Crippen molar-refractivity contribution in [2.75, 3.05) is 0 Å². The van der Waals surface area contributed by atoms with E-state index in [9.17, 15) is 4.79 Å². The molecule has 112 valence electrons. The van der Waals surface area contributed by atoms with Crippen molar-refractivity contribution >= 4 is 17.7 Å². The van der Waals surface area contributed by atoms with Crippen LogP contribution in [0.15, 0.2) is 5.16 Å². The van der Waals surface area contributed by atoms with Gasteiger partial charge in [-0.3, -0.25) is 4.79 Å². The highest BCUT2D eigenvalue weighted by atomic mass is 32.2. The van der Waals surface area contributed by atoms with Gasteiger partial charge in [0, 0.05) is 18.3 Å². The van der Waals surface area contributed by atoms with Gasteiger partial charge < -0.3 is 9.88 Å². The Morgan fingerprint density at radius 1 is 1.40 bits per heavy atom. The van der Waals surface area contributed by atoms with Gasteiger partial charge in [-0.2, -0.15) is 0 Å². The number of rotatable bonds is 6. The molecule has 1 fully saturated rings. The Labute approximate surface area is 125 Å². The molecule has 5 heteroatoms. The molecule has 1 aromatic rings. The summed E-state index contributed by atoms with van der Waals surface area (Å²) in [6, 6.07) is 0.421. The summed E-state index contributed by atoms with van der Waals surface area (Å²) in [5, 5.41) is 3.93. The van der Waals surface area contributed by atoms with Crippen LogP contribution in [0.1, 0.15) is 45.0 Å². The van der Waals surface area contributed by atoms with Crippen molar-refractivity contribution in [3.05, 3.63) is 11.4 Å². The van der Waals surface area contributed by atoms with Crippen molar-refractivity contribution in [1.29, 1.82) is 0 Å². The van der Waals surface area contributed by atoms with Crippen LogP contribution in [0.25, 0.3) is 0 Å². The van der Waals surface area contributed by atoms with E-state index in [1.54, 1.807) is 11.8 Å². The molecule has 0 bridgehead atoms. The quantitative estimate of drug-likeness (QED) is 0.821. The monoisotopic (exact) mass is 295 g/mol. The van der Waals surface area contributed by atoms with E-state index in [0.29, 0.717) is 12.0 Å². The zero-order valence-corrected chi connectivity index (χ0v) is 13.9. The van der Waals surface area contributed by atoms with Gasteiger partial charge in [0.2, 0.25) is 5.91 Å². The molecular weight excluding hydrogens is 270 g/mol. The highest BCUT2D eigenvalue weighted by molar-refractivity contribution is 8.00. The van der Waals surface area contributed by atoms with Crippen molar-refractivity contribution in [1.82, 2.24) is 14.9 Å². The normalized spacial score (nSPS) is 16.5. The largest absolute Gasteiger partial charge is 0.352 e. The first-order chi connectivity index (χ1) is 9.38. The fourth-order valence-corrected chi connectivity index (χ4v) is 3.07. The first-order valence-electron chi connectivity index (χ1n) is 7.39. The predicted octanol–water partition coefficient (Wildman–Crippen LogP) is 2.92. The maximum Gasteiger partial charge on any atom is 0.233 e. The topological polar surface area (TPSA) is 46.9 Å². The molecule has 1 N–H and O–H groups in total. The molecule has 0 aromatic carbocycles. The highest BCUT2D eigenvalue weighted by Crippen LogP contribution is 2.27. The lowest BCUT2D eigenvalue weighted by atomic mass is 10.2. The molecule has 1 unspecified atom stereocenters. The first-order valence-corrected chi connectivity index (χ1v) is 8.27. The zero-order chi connectivity index (χ0) is 14.9. The molecule has 1 saturated carbocycles. The molecule has 1 aliphatic rings. The van der Waals surface area contributed by atoms with Crippen molar-refractivity contribution in [2.24, 2.45) is 5.92 Å². The number of nitrogens with zero attached hydrogens (tertiary/aromatic N) is 2. The lowest BCUT2D eigenvalue weighted by molar-refractivity contribution is -0.120. The molecule has 1 aliphatic carbocycles. The fraction of sp³-hybridized carbons (Fsp3) is 0.733. The van der Waals surface area contributed by atoms with Crippen molar-refractivity contribution < 1.29 is 4.79 Å². The summed E-state index contributed by atoms with van der Waals surface area (Å²) in [7, 11) is 0. The predicted molar refractivity (Wildman–Crippen MR) is 83.0 cm³/mol. The van der Waals surface area contributed by atoms with Gasteiger partial charge in [0.05, 0.1) is 10.9 Å². The van der Waals surface area contributed by atoms with Gasteiger partial charge in [0.1, 0.15) is 0 Å². The van der Waals surface area contributed by atoms with Crippen molar-refractivity contribution in [3.8, 4) is 0 Å². The molecule has 4 nitrogen and oxygen atoms in total. The lowest BCUT2D eigenvalue weighted by Gasteiger charge is -2.15. The summed E-state index contributed by atoms with van der Waals surface area (Å²) in [6.07, 6.45) is 2.26.